The fourth-order valence-corrected chi connectivity index (χ4v) is 2.15. The lowest BCUT2D eigenvalue weighted by molar-refractivity contribution is 0.0417. The van der Waals surface area contributed by atoms with Crippen molar-refractivity contribution in [2.45, 2.75) is 38.7 Å². The Morgan fingerprint density at radius 2 is 2.10 bits per heavy atom. The van der Waals surface area contributed by atoms with Gasteiger partial charge in [0.25, 0.3) is 0 Å². The second-order valence-corrected chi connectivity index (χ2v) is 5.24. The zero-order valence-corrected chi connectivity index (χ0v) is 12.6. The van der Waals surface area contributed by atoms with E-state index in [-0.39, 0.29) is 6.79 Å². The van der Waals surface area contributed by atoms with E-state index in [1.54, 1.807) is 0 Å². The molecule has 0 spiro atoms. The summed E-state index contributed by atoms with van der Waals surface area (Å²) in [5.41, 5.74) is 0.904. The maximum absolute atomic E-state index is 9.86. The van der Waals surface area contributed by atoms with Gasteiger partial charge in [-0.3, -0.25) is 0 Å². The first-order chi connectivity index (χ1) is 10.3. The summed E-state index contributed by atoms with van der Waals surface area (Å²) in [6.07, 6.45) is 4.22. The third-order valence-electron chi connectivity index (χ3n) is 3.37. The van der Waals surface area contributed by atoms with Crippen LogP contribution in [0.25, 0.3) is 0 Å². The summed E-state index contributed by atoms with van der Waals surface area (Å²) in [7, 11) is 0. The average Bonchev–Trinajstić information content (AvgIpc) is 2.96. The number of anilines is 1. The predicted molar refractivity (Wildman–Crippen MR) is 82.0 cm³/mol. The number of fused-ring (bicyclic) bond motifs is 1. The number of unbranched alkanes of at least 4 members (excludes halogenated alkanes) is 3. The Hall–Kier alpha value is -1.46. The summed E-state index contributed by atoms with van der Waals surface area (Å²) in [5.74, 6) is 1.50. The molecular weight excluding hydrogens is 270 g/mol. The molecule has 21 heavy (non-hydrogen) atoms. The zero-order valence-electron chi connectivity index (χ0n) is 12.6. The van der Waals surface area contributed by atoms with Gasteiger partial charge in [-0.15, -0.1) is 0 Å². The lowest BCUT2D eigenvalue weighted by Gasteiger charge is -2.13. The number of benzene rings is 1. The third-order valence-corrected chi connectivity index (χ3v) is 3.37. The Kier molecular flexibility index (Phi) is 6.63. The molecular formula is C16H25NO4. The average molecular weight is 295 g/mol. The third kappa shape index (κ3) is 5.44. The van der Waals surface area contributed by atoms with E-state index in [9.17, 15) is 5.11 Å². The van der Waals surface area contributed by atoms with Gasteiger partial charge in [0, 0.05) is 24.9 Å². The van der Waals surface area contributed by atoms with Crippen LogP contribution in [0.1, 0.15) is 32.6 Å². The highest BCUT2D eigenvalue weighted by Gasteiger charge is 2.13. The van der Waals surface area contributed by atoms with Crippen LogP contribution in [0.3, 0.4) is 0 Å². The van der Waals surface area contributed by atoms with E-state index in [0.717, 1.165) is 30.2 Å². The molecule has 1 aromatic rings. The number of rotatable bonds is 10. The molecule has 0 fully saturated rings. The molecule has 1 aliphatic heterocycles. The van der Waals surface area contributed by atoms with E-state index < -0.39 is 6.10 Å². The number of aliphatic hydroxyl groups is 1. The van der Waals surface area contributed by atoms with Crippen LogP contribution < -0.4 is 14.8 Å². The second-order valence-electron chi connectivity index (χ2n) is 5.24. The van der Waals surface area contributed by atoms with Crippen LogP contribution in [0.5, 0.6) is 11.5 Å². The number of aliphatic hydroxyl groups excluding tert-OH is 1. The van der Waals surface area contributed by atoms with Crippen LogP contribution >= 0.6 is 0 Å². The molecule has 2 N–H and O–H groups in total. The standard InChI is InChI=1S/C16H25NO4/c1-2-3-4-5-8-19-11-14(18)10-17-13-6-7-15-16(9-13)21-12-20-15/h6-7,9,14,17-18H,2-5,8,10-12H2,1H3. The molecule has 118 valence electrons. The Morgan fingerprint density at radius 1 is 1.24 bits per heavy atom. The lowest BCUT2D eigenvalue weighted by atomic mass is 10.2. The minimum atomic E-state index is -0.512. The van der Waals surface area contributed by atoms with Crippen LogP contribution in [0, 0.1) is 0 Å². The largest absolute Gasteiger partial charge is 0.454 e. The van der Waals surface area contributed by atoms with Crippen molar-refractivity contribution in [2.24, 2.45) is 0 Å². The van der Waals surface area contributed by atoms with Crippen molar-refractivity contribution < 1.29 is 19.3 Å². The Balaban J connectivity index is 1.59. The zero-order chi connectivity index (χ0) is 14.9. The Labute approximate surface area is 126 Å². The normalized spacial score (nSPS) is 14.2. The van der Waals surface area contributed by atoms with Crippen molar-refractivity contribution in [3.63, 3.8) is 0 Å². The maximum Gasteiger partial charge on any atom is 0.231 e. The molecule has 0 radical (unpaired) electrons. The van der Waals surface area contributed by atoms with Crippen LogP contribution in [0.15, 0.2) is 18.2 Å². The van der Waals surface area contributed by atoms with Crippen molar-refractivity contribution >= 4 is 5.69 Å². The van der Waals surface area contributed by atoms with Crippen LogP contribution in [-0.4, -0.2) is 37.8 Å². The van der Waals surface area contributed by atoms with Crippen molar-refractivity contribution in [3.05, 3.63) is 18.2 Å². The first kappa shape index (κ1) is 15.9. The van der Waals surface area contributed by atoms with Crippen molar-refractivity contribution in [3.8, 4) is 11.5 Å². The fourth-order valence-electron chi connectivity index (χ4n) is 2.15. The molecule has 1 aliphatic rings. The highest BCUT2D eigenvalue weighted by atomic mass is 16.7. The van der Waals surface area contributed by atoms with Crippen molar-refractivity contribution in [2.75, 3.05) is 31.9 Å². The molecule has 2 rings (SSSR count). The Morgan fingerprint density at radius 3 is 2.95 bits per heavy atom. The summed E-state index contributed by atoms with van der Waals surface area (Å²) in [4.78, 5) is 0. The molecule has 0 saturated heterocycles. The molecule has 1 unspecified atom stereocenters. The minimum absolute atomic E-state index is 0.271. The fraction of sp³-hybridized carbons (Fsp3) is 0.625. The van der Waals surface area contributed by atoms with E-state index in [4.69, 9.17) is 14.2 Å². The molecule has 5 nitrogen and oxygen atoms in total. The molecule has 0 amide bonds. The molecule has 5 heteroatoms. The molecule has 0 aromatic heterocycles. The van der Waals surface area contributed by atoms with Gasteiger partial charge in [-0.1, -0.05) is 26.2 Å². The predicted octanol–water partition coefficient (Wildman–Crippen LogP) is 2.79. The second kappa shape index (κ2) is 8.74. The van der Waals surface area contributed by atoms with E-state index >= 15 is 0 Å². The Bertz CT molecular complexity index is 425. The van der Waals surface area contributed by atoms with Crippen LogP contribution in [0.4, 0.5) is 5.69 Å². The molecule has 1 heterocycles. The first-order valence-corrected chi connectivity index (χ1v) is 7.69. The quantitative estimate of drug-likeness (QED) is 0.650. The van der Waals surface area contributed by atoms with E-state index in [2.05, 4.69) is 12.2 Å². The summed E-state index contributed by atoms with van der Waals surface area (Å²) >= 11 is 0. The number of hydrogen-bond donors (Lipinski definition) is 2. The topological polar surface area (TPSA) is 60.0 Å². The SMILES string of the molecule is CCCCCCOCC(O)CNc1ccc2c(c1)OCO2. The number of ether oxygens (including phenoxy) is 3. The van der Waals surface area contributed by atoms with E-state index in [1.165, 1.54) is 19.3 Å². The summed E-state index contributed by atoms with van der Waals surface area (Å²) in [6, 6.07) is 5.65. The van der Waals surface area contributed by atoms with Gasteiger partial charge in [-0.25, -0.2) is 0 Å². The van der Waals surface area contributed by atoms with Crippen LogP contribution in [-0.2, 0) is 4.74 Å². The van der Waals surface area contributed by atoms with Crippen LogP contribution in [0.2, 0.25) is 0 Å². The van der Waals surface area contributed by atoms with Gasteiger partial charge >= 0.3 is 0 Å². The molecule has 0 saturated carbocycles. The molecule has 0 bridgehead atoms. The molecule has 1 atom stereocenters. The van der Waals surface area contributed by atoms with Gasteiger partial charge < -0.3 is 24.6 Å². The van der Waals surface area contributed by atoms with Gasteiger partial charge in [0.2, 0.25) is 6.79 Å². The van der Waals surface area contributed by atoms with E-state index in [0.29, 0.717) is 13.2 Å². The number of hydrogen-bond acceptors (Lipinski definition) is 5. The first-order valence-electron chi connectivity index (χ1n) is 7.69. The monoisotopic (exact) mass is 295 g/mol. The summed E-state index contributed by atoms with van der Waals surface area (Å²) < 4.78 is 16.0. The molecule has 0 aliphatic carbocycles. The maximum atomic E-state index is 9.86. The highest BCUT2D eigenvalue weighted by Crippen LogP contribution is 2.34. The highest BCUT2D eigenvalue weighted by molar-refractivity contribution is 5.55. The van der Waals surface area contributed by atoms with E-state index in [1.807, 2.05) is 18.2 Å². The number of nitrogens with one attached hydrogen (secondary N) is 1. The molecule has 1 aromatic carbocycles. The minimum Gasteiger partial charge on any atom is -0.454 e. The van der Waals surface area contributed by atoms with Gasteiger partial charge in [-0.2, -0.15) is 0 Å². The van der Waals surface area contributed by atoms with Gasteiger partial charge in [-0.05, 0) is 18.6 Å². The van der Waals surface area contributed by atoms with Gasteiger partial charge in [0.05, 0.1) is 12.7 Å². The van der Waals surface area contributed by atoms with Gasteiger partial charge in [0.1, 0.15) is 0 Å². The smallest absolute Gasteiger partial charge is 0.231 e. The summed E-state index contributed by atoms with van der Waals surface area (Å²) in [6.45, 7) is 4.00. The summed E-state index contributed by atoms with van der Waals surface area (Å²) in [5, 5.41) is 13.0. The van der Waals surface area contributed by atoms with Crippen molar-refractivity contribution in [1.82, 2.24) is 0 Å². The van der Waals surface area contributed by atoms with Crippen molar-refractivity contribution in [1.29, 1.82) is 0 Å². The lowest BCUT2D eigenvalue weighted by Crippen LogP contribution is -2.25. The van der Waals surface area contributed by atoms with Gasteiger partial charge in [0.15, 0.2) is 11.5 Å².